The van der Waals surface area contributed by atoms with E-state index in [1.165, 1.54) is 18.4 Å². The summed E-state index contributed by atoms with van der Waals surface area (Å²) in [5.74, 6) is -0.787. The fourth-order valence-corrected chi connectivity index (χ4v) is 2.68. The molecule has 3 aromatic heterocycles. The quantitative estimate of drug-likeness (QED) is 0.768. The zero-order valence-electron chi connectivity index (χ0n) is 11.7. The Morgan fingerprint density at radius 3 is 2.87 bits per heavy atom. The van der Waals surface area contributed by atoms with Crippen LogP contribution < -0.4 is 5.32 Å². The molecule has 0 aliphatic heterocycles. The molecule has 3 rings (SSSR count). The molecule has 23 heavy (non-hydrogen) atoms. The van der Waals surface area contributed by atoms with Gasteiger partial charge in [0.1, 0.15) is 0 Å². The summed E-state index contributed by atoms with van der Waals surface area (Å²) in [6.07, 6.45) is -3.69. The van der Waals surface area contributed by atoms with Crippen LogP contribution in [0.5, 0.6) is 0 Å². The monoisotopic (exact) mass is 341 g/mol. The van der Waals surface area contributed by atoms with E-state index in [4.69, 9.17) is 0 Å². The Kier molecular flexibility index (Phi) is 3.68. The minimum absolute atomic E-state index is 0.135. The number of carbonyl (C=O) groups is 1. The Bertz CT molecular complexity index is 834. The van der Waals surface area contributed by atoms with Crippen LogP contribution in [0.1, 0.15) is 16.1 Å². The maximum absolute atomic E-state index is 12.9. The number of rotatable bonds is 3. The molecule has 0 unspecified atom stereocenters. The Morgan fingerprint density at radius 1 is 1.43 bits per heavy atom. The van der Waals surface area contributed by atoms with Crippen molar-refractivity contribution >= 4 is 23.1 Å². The predicted molar refractivity (Wildman–Crippen MR) is 78.1 cm³/mol. The molecule has 6 nitrogen and oxygen atoms in total. The number of aromatic amines is 1. The van der Waals surface area contributed by atoms with Crippen molar-refractivity contribution in [2.24, 2.45) is 7.05 Å². The van der Waals surface area contributed by atoms with Gasteiger partial charge in [0.2, 0.25) is 0 Å². The molecule has 0 aliphatic carbocycles. The number of aromatic nitrogens is 4. The Morgan fingerprint density at radius 2 is 2.22 bits per heavy atom. The first-order chi connectivity index (χ1) is 10.8. The first-order valence-corrected chi connectivity index (χ1v) is 7.24. The highest BCUT2D eigenvalue weighted by molar-refractivity contribution is 7.13. The second-order valence-corrected chi connectivity index (χ2v) is 5.61. The summed E-state index contributed by atoms with van der Waals surface area (Å²) in [6.45, 7) is 0. The largest absolute Gasteiger partial charge is 0.435 e. The molecule has 0 fully saturated rings. The van der Waals surface area contributed by atoms with Gasteiger partial charge in [-0.05, 0) is 11.4 Å². The molecule has 0 spiro atoms. The van der Waals surface area contributed by atoms with Crippen LogP contribution >= 0.6 is 11.3 Å². The molecule has 2 N–H and O–H groups in total. The van der Waals surface area contributed by atoms with Gasteiger partial charge in [-0.2, -0.15) is 23.4 Å². The summed E-state index contributed by atoms with van der Waals surface area (Å²) < 4.78 is 39.6. The van der Waals surface area contributed by atoms with Crippen LogP contribution in [0, 0.1) is 0 Å². The van der Waals surface area contributed by atoms with Gasteiger partial charge < -0.3 is 5.32 Å². The molecule has 0 aromatic carbocycles. The number of halogens is 3. The Balaban J connectivity index is 1.83. The first-order valence-electron chi connectivity index (χ1n) is 6.36. The maximum atomic E-state index is 12.9. The van der Waals surface area contributed by atoms with Crippen molar-refractivity contribution in [2.75, 3.05) is 5.32 Å². The van der Waals surface area contributed by atoms with Gasteiger partial charge >= 0.3 is 6.18 Å². The van der Waals surface area contributed by atoms with Crippen molar-refractivity contribution in [2.45, 2.75) is 6.18 Å². The first kappa shape index (κ1) is 15.3. The van der Waals surface area contributed by atoms with E-state index in [0.29, 0.717) is 5.69 Å². The molecule has 0 atom stereocenters. The van der Waals surface area contributed by atoms with E-state index < -0.39 is 23.3 Å². The standard InChI is InChI=1S/C13H10F3N5OS/c1-21-6-7(11(20-21)13(14,15)16)12(22)17-10-5-8(18-19-10)9-3-2-4-23-9/h2-6H,1H3,(H2,17,18,19,22). The SMILES string of the molecule is Cn1cc(C(=O)Nc2cc(-c3cccs3)[nH]n2)c(C(F)(F)F)n1. The van der Waals surface area contributed by atoms with Gasteiger partial charge in [0.15, 0.2) is 11.5 Å². The second-order valence-electron chi connectivity index (χ2n) is 4.66. The molecule has 3 aromatic rings. The van der Waals surface area contributed by atoms with Gasteiger partial charge in [-0.3, -0.25) is 14.6 Å². The van der Waals surface area contributed by atoms with E-state index in [2.05, 4.69) is 20.6 Å². The number of nitrogens with zero attached hydrogens (tertiary/aromatic N) is 3. The van der Waals surface area contributed by atoms with Crippen molar-refractivity contribution < 1.29 is 18.0 Å². The molecule has 0 saturated carbocycles. The third-order valence-corrected chi connectivity index (χ3v) is 3.85. The Hall–Kier alpha value is -2.62. The fraction of sp³-hybridized carbons (Fsp3) is 0.154. The number of nitrogens with one attached hydrogen (secondary N) is 2. The highest BCUT2D eigenvalue weighted by Gasteiger charge is 2.39. The molecule has 0 bridgehead atoms. The summed E-state index contributed by atoms with van der Waals surface area (Å²) in [5, 5.41) is 14.1. The number of aryl methyl sites for hydroxylation is 1. The third-order valence-electron chi connectivity index (χ3n) is 2.95. The number of carbonyl (C=O) groups excluding carboxylic acids is 1. The van der Waals surface area contributed by atoms with Gasteiger partial charge in [-0.25, -0.2) is 0 Å². The van der Waals surface area contributed by atoms with E-state index in [-0.39, 0.29) is 5.82 Å². The zero-order valence-corrected chi connectivity index (χ0v) is 12.5. The number of alkyl halides is 3. The van der Waals surface area contributed by atoms with Crippen LogP contribution in [0.3, 0.4) is 0 Å². The highest BCUT2D eigenvalue weighted by Crippen LogP contribution is 2.31. The van der Waals surface area contributed by atoms with Crippen LogP contribution in [-0.2, 0) is 13.2 Å². The molecule has 0 aliphatic rings. The fourth-order valence-electron chi connectivity index (χ4n) is 1.99. The number of hydrogen-bond acceptors (Lipinski definition) is 4. The van der Waals surface area contributed by atoms with E-state index in [1.807, 2.05) is 17.5 Å². The molecule has 3 heterocycles. The third kappa shape index (κ3) is 3.11. The molecule has 0 radical (unpaired) electrons. The smallest absolute Gasteiger partial charge is 0.305 e. The lowest BCUT2D eigenvalue weighted by Crippen LogP contribution is -2.18. The van der Waals surface area contributed by atoms with Crippen LogP contribution in [0.2, 0.25) is 0 Å². The summed E-state index contributed by atoms with van der Waals surface area (Å²) in [7, 11) is 1.31. The lowest BCUT2D eigenvalue weighted by molar-refractivity contribution is -0.141. The van der Waals surface area contributed by atoms with Crippen LogP contribution in [-0.4, -0.2) is 25.9 Å². The van der Waals surface area contributed by atoms with Crippen molar-refractivity contribution in [3.63, 3.8) is 0 Å². The number of thiophene rings is 1. The van der Waals surface area contributed by atoms with Crippen LogP contribution in [0.15, 0.2) is 29.8 Å². The lowest BCUT2D eigenvalue weighted by Gasteiger charge is -2.05. The summed E-state index contributed by atoms with van der Waals surface area (Å²) in [6, 6.07) is 5.25. The Labute approximate surface area is 131 Å². The zero-order chi connectivity index (χ0) is 16.6. The van der Waals surface area contributed by atoms with Gasteiger partial charge in [-0.15, -0.1) is 11.3 Å². The number of hydrogen-bond donors (Lipinski definition) is 2. The average Bonchev–Trinajstić information content (AvgIpc) is 3.15. The molecule has 120 valence electrons. The highest BCUT2D eigenvalue weighted by atomic mass is 32.1. The van der Waals surface area contributed by atoms with Gasteiger partial charge in [0.25, 0.3) is 5.91 Å². The molecular weight excluding hydrogens is 331 g/mol. The minimum Gasteiger partial charge on any atom is -0.305 e. The lowest BCUT2D eigenvalue weighted by atomic mass is 10.2. The molecule has 0 saturated heterocycles. The van der Waals surface area contributed by atoms with Crippen molar-refractivity contribution in [3.8, 4) is 10.6 Å². The minimum atomic E-state index is -4.71. The van der Waals surface area contributed by atoms with Crippen LogP contribution in [0.25, 0.3) is 10.6 Å². The van der Waals surface area contributed by atoms with Gasteiger partial charge in [0, 0.05) is 19.3 Å². The van der Waals surface area contributed by atoms with E-state index >= 15 is 0 Å². The number of amides is 1. The van der Waals surface area contributed by atoms with E-state index in [9.17, 15) is 18.0 Å². The van der Waals surface area contributed by atoms with E-state index in [1.54, 1.807) is 6.07 Å². The second kappa shape index (κ2) is 5.54. The van der Waals surface area contributed by atoms with E-state index in [0.717, 1.165) is 15.8 Å². The van der Waals surface area contributed by atoms with Gasteiger partial charge in [0.05, 0.1) is 16.1 Å². The maximum Gasteiger partial charge on any atom is 0.435 e. The molecule has 10 heteroatoms. The number of H-pyrrole nitrogens is 1. The number of anilines is 1. The van der Waals surface area contributed by atoms with Crippen LogP contribution in [0.4, 0.5) is 19.0 Å². The topological polar surface area (TPSA) is 75.6 Å². The van der Waals surface area contributed by atoms with Crippen molar-refractivity contribution in [3.05, 3.63) is 41.0 Å². The molecular formula is C13H10F3N5OS. The van der Waals surface area contributed by atoms with Crippen molar-refractivity contribution in [1.29, 1.82) is 0 Å². The summed E-state index contributed by atoms with van der Waals surface area (Å²) in [5.41, 5.74) is -1.12. The molecule has 1 amide bonds. The average molecular weight is 341 g/mol. The summed E-state index contributed by atoms with van der Waals surface area (Å²) in [4.78, 5) is 13.0. The van der Waals surface area contributed by atoms with Gasteiger partial charge in [-0.1, -0.05) is 6.07 Å². The predicted octanol–water partition coefficient (Wildman–Crippen LogP) is 3.14. The van der Waals surface area contributed by atoms with Crippen molar-refractivity contribution in [1.82, 2.24) is 20.0 Å². The normalized spacial score (nSPS) is 11.7. The summed E-state index contributed by atoms with van der Waals surface area (Å²) >= 11 is 1.47.